The lowest BCUT2D eigenvalue weighted by Crippen LogP contribution is -2.59. The molecule has 3 rings (SSSR count). The van der Waals surface area contributed by atoms with Crippen molar-refractivity contribution in [3.05, 3.63) is 29.0 Å². The third kappa shape index (κ3) is 4.01. The molecule has 25 heavy (non-hydrogen) atoms. The number of hydrogen-bond donors (Lipinski definition) is 0. The predicted molar refractivity (Wildman–Crippen MR) is 94.8 cm³/mol. The van der Waals surface area contributed by atoms with Gasteiger partial charge in [0, 0.05) is 18.1 Å². The van der Waals surface area contributed by atoms with Gasteiger partial charge in [0.15, 0.2) is 0 Å². The van der Waals surface area contributed by atoms with Crippen LogP contribution >= 0.6 is 11.6 Å². The van der Waals surface area contributed by atoms with Crippen LogP contribution in [0.5, 0.6) is 0 Å². The first-order valence-corrected chi connectivity index (χ1v) is 10.3. The quantitative estimate of drug-likeness (QED) is 0.793. The molecule has 0 bridgehead atoms. The van der Waals surface area contributed by atoms with Crippen LogP contribution in [-0.2, 0) is 14.8 Å². The van der Waals surface area contributed by atoms with Crippen LogP contribution in [0.3, 0.4) is 0 Å². The Morgan fingerprint density at radius 3 is 2.60 bits per heavy atom. The van der Waals surface area contributed by atoms with Crippen LogP contribution in [-0.4, -0.2) is 63.1 Å². The van der Waals surface area contributed by atoms with Gasteiger partial charge >= 0.3 is 0 Å². The van der Waals surface area contributed by atoms with E-state index >= 15 is 0 Å². The lowest BCUT2D eigenvalue weighted by molar-refractivity contribution is -0.109. The standard InChI is InChI=1S/C17H24ClFN2O3S/c1-20(2)10-15-11-24-17(5-3-4-6-17)12-21(15)25(22,23)16-8-13(18)7-14(19)9-16/h7-9,15H,3-6,10-12H2,1-2H3. The van der Waals surface area contributed by atoms with E-state index in [1.54, 1.807) is 0 Å². The number of benzene rings is 1. The van der Waals surface area contributed by atoms with Crippen LogP contribution in [0.1, 0.15) is 25.7 Å². The van der Waals surface area contributed by atoms with E-state index in [1.807, 2.05) is 19.0 Å². The molecule has 0 N–H and O–H groups in total. The molecule has 1 atom stereocenters. The van der Waals surface area contributed by atoms with E-state index in [1.165, 1.54) is 10.4 Å². The molecule has 0 aromatic heterocycles. The molecule has 1 aliphatic heterocycles. The summed E-state index contributed by atoms with van der Waals surface area (Å²) in [4.78, 5) is 1.83. The second-order valence-electron chi connectivity index (χ2n) is 7.27. The molecule has 2 aliphatic rings. The first-order valence-electron chi connectivity index (χ1n) is 8.49. The van der Waals surface area contributed by atoms with Crippen molar-refractivity contribution in [3.8, 4) is 0 Å². The molecule has 1 aromatic rings. The van der Waals surface area contributed by atoms with Crippen molar-refractivity contribution in [1.82, 2.24) is 9.21 Å². The fourth-order valence-electron chi connectivity index (χ4n) is 3.80. The van der Waals surface area contributed by atoms with Crippen LogP contribution < -0.4 is 0 Å². The van der Waals surface area contributed by atoms with Gasteiger partial charge in [-0.2, -0.15) is 4.31 Å². The van der Waals surface area contributed by atoms with Crippen LogP contribution in [0.2, 0.25) is 5.02 Å². The first kappa shape index (κ1) is 19.0. The average Bonchev–Trinajstić information content (AvgIpc) is 2.96. The summed E-state index contributed by atoms with van der Waals surface area (Å²) in [5, 5.41) is 0.0755. The van der Waals surface area contributed by atoms with Gasteiger partial charge in [-0.25, -0.2) is 12.8 Å². The highest BCUT2D eigenvalue weighted by molar-refractivity contribution is 7.89. The zero-order valence-electron chi connectivity index (χ0n) is 14.5. The lowest BCUT2D eigenvalue weighted by Gasteiger charge is -2.45. The van der Waals surface area contributed by atoms with E-state index in [0.717, 1.165) is 37.8 Å². The van der Waals surface area contributed by atoms with Crippen molar-refractivity contribution < 1.29 is 17.5 Å². The Kier molecular flexibility index (Phi) is 5.42. The summed E-state index contributed by atoms with van der Waals surface area (Å²) in [6, 6.07) is 3.14. The number of likely N-dealkylation sites (N-methyl/N-ethyl adjacent to an activating group) is 1. The Bertz CT molecular complexity index is 715. The van der Waals surface area contributed by atoms with Gasteiger partial charge in [-0.1, -0.05) is 24.4 Å². The van der Waals surface area contributed by atoms with Crippen molar-refractivity contribution in [3.63, 3.8) is 0 Å². The maximum atomic E-state index is 13.7. The number of morpholine rings is 1. The monoisotopic (exact) mass is 390 g/mol. The molecule has 0 amide bonds. The fourth-order valence-corrected chi connectivity index (χ4v) is 5.82. The van der Waals surface area contributed by atoms with E-state index in [9.17, 15) is 12.8 Å². The lowest BCUT2D eigenvalue weighted by atomic mass is 9.99. The predicted octanol–water partition coefficient (Wildman–Crippen LogP) is 2.74. The fraction of sp³-hybridized carbons (Fsp3) is 0.647. The summed E-state index contributed by atoms with van der Waals surface area (Å²) >= 11 is 5.88. The number of sulfonamides is 1. The van der Waals surface area contributed by atoms with Gasteiger partial charge in [0.25, 0.3) is 0 Å². The minimum atomic E-state index is -3.86. The van der Waals surface area contributed by atoms with Crippen LogP contribution in [0.25, 0.3) is 0 Å². The van der Waals surface area contributed by atoms with Gasteiger partial charge in [-0.3, -0.25) is 0 Å². The van der Waals surface area contributed by atoms with Crippen molar-refractivity contribution in [2.75, 3.05) is 33.8 Å². The minimum absolute atomic E-state index is 0.0755. The van der Waals surface area contributed by atoms with Crippen molar-refractivity contribution in [1.29, 1.82) is 0 Å². The van der Waals surface area contributed by atoms with Gasteiger partial charge < -0.3 is 9.64 Å². The van der Waals surface area contributed by atoms with E-state index in [0.29, 0.717) is 19.7 Å². The highest BCUT2D eigenvalue weighted by Gasteiger charge is 2.47. The molecule has 140 valence electrons. The van der Waals surface area contributed by atoms with Gasteiger partial charge in [-0.05, 0) is 45.1 Å². The molecule has 8 heteroatoms. The molecular formula is C17H24ClFN2O3S. The Hall–Kier alpha value is -0.730. The Morgan fingerprint density at radius 1 is 1.32 bits per heavy atom. The second kappa shape index (κ2) is 7.12. The molecule has 1 heterocycles. The summed E-state index contributed by atoms with van der Waals surface area (Å²) in [7, 11) is -0.0777. The number of halogens is 2. The smallest absolute Gasteiger partial charge is 0.243 e. The van der Waals surface area contributed by atoms with Crippen molar-refractivity contribution in [2.45, 2.75) is 42.2 Å². The molecule has 1 unspecified atom stereocenters. The Balaban J connectivity index is 1.97. The minimum Gasteiger partial charge on any atom is -0.372 e. The summed E-state index contributed by atoms with van der Waals surface area (Å²) in [6.45, 7) is 1.20. The van der Waals surface area contributed by atoms with E-state index in [2.05, 4.69) is 0 Å². The van der Waals surface area contributed by atoms with Gasteiger partial charge in [-0.15, -0.1) is 0 Å². The number of rotatable bonds is 4. The molecule has 1 saturated heterocycles. The SMILES string of the molecule is CN(C)CC1COC2(CCCC2)CN1S(=O)(=O)c1cc(F)cc(Cl)c1. The summed E-state index contributed by atoms with van der Waals surface area (Å²) in [6.07, 6.45) is 3.80. The van der Waals surface area contributed by atoms with Crippen LogP contribution in [0.4, 0.5) is 4.39 Å². The zero-order chi connectivity index (χ0) is 18.2. The van der Waals surface area contributed by atoms with E-state index in [-0.39, 0.29) is 16.0 Å². The average molecular weight is 391 g/mol. The molecule has 2 fully saturated rings. The maximum Gasteiger partial charge on any atom is 0.243 e. The van der Waals surface area contributed by atoms with Crippen LogP contribution in [0, 0.1) is 5.82 Å². The highest BCUT2D eigenvalue weighted by atomic mass is 35.5. The van der Waals surface area contributed by atoms with E-state index < -0.39 is 21.4 Å². The number of nitrogens with zero attached hydrogens (tertiary/aromatic N) is 2. The summed E-state index contributed by atoms with van der Waals surface area (Å²) < 4.78 is 47.8. The molecule has 1 aliphatic carbocycles. The third-order valence-electron chi connectivity index (χ3n) is 4.97. The molecule has 1 aromatic carbocycles. The van der Waals surface area contributed by atoms with Crippen molar-refractivity contribution in [2.24, 2.45) is 0 Å². The molecule has 0 radical (unpaired) electrons. The Labute approximate surface area is 153 Å². The molecular weight excluding hydrogens is 367 g/mol. The number of hydrogen-bond acceptors (Lipinski definition) is 4. The molecule has 1 saturated carbocycles. The zero-order valence-corrected chi connectivity index (χ0v) is 16.1. The van der Waals surface area contributed by atoms with Gasteiger partial charge in [0.2, 0.25) is 10.0 Å². The third-order valence-corrected chi connectivity index (χ3v) is 7.06. The normalized spacial score (nSPS) is 24.3. The second-order valence-corrected chi connectivity index (χ2v) is 9.60. The highest BCUT2D eigenvalue weighted by Crippen LogP contribution is 2.39. The maximum absolute atomic E-state index is 13.7. The van der Waals surface area contributed by atoms with Crippen molar-refractivity contribution >= 4 is 21.6 Å². The van der Waals surface area contributed by atoms with Gasteiger partial charge in [0.05, 0.1) is 23.1 Å². The topological polar surface area (TPSA) is 49.9 Å². The summed E-state index contributed by atoms with van der Waals surface area (Å²) in [5.41, 5.74) is -0.410. The van der Waals surface area contributed by atoms with E-state index in [4.69, 9.17) is 16.3 Å². The molecule has 5 nitrogen and oxygen atoms in total. The first-order chi connectivity index (χ1) is 11.7. The van der Waals surface area contributed by atoms with Gasteiger partial charge in [0.1, 0.15) is 5.82 Å². The largest absolute Gasteiger partial charge is 0.372 e. The Morgan fingerprint density at radius 2 is 2.00 bits per heavy atom. The summed E-state index contributed by atoms with van der Waals surface area (Å²) in [5.74, 6) is -0.654. The number of ether oxygens (including phenoxy) is 1. The molecule has 1 spiro atoms. The van der Waals surface area contributed by atoms with Crippen LogP contribution in [0.15, 0.2) is 23.1 Å².